The van der Waals surface area contributed by atoms with E-state index in [9.17, 15) is 14.7 Å². The number of aromatic amines is 1. The van der Waals surface area contributed by atoms with Gasteiger partial charge >= 0.3 is 0 Å². The first-order chi connectivity index (χ1) is 12.1. The Morgan fingerprint density at radius 2 is 2.16 bits per heavy atom. The van der Waals surface area contributed by atoms with Crippen LogP contribution >= 0.6 is 0 Å². The highest BCUT2D eigenvalue weighted by atomic mass is 16.3. The van der Waals surface area contributed by atoms with Crippen molar-refractivity contribution >= 4 is 11.8 Å². The molecule has 2 heterocycles. The fraction of sp³-hybridized carbons (Fsp3) is 0.412. The summed E-state index contributed by atoms with van der Waals surface area (Å²) in [5.41, 5.74) is 1.26. The minimum Gasteiger partial charge on any atom is -0.391 e. The van der Waals surface area contributed by atoms with Crippen molar-refractivity contribution in [2.75, 3.05) is 0 Å². The highest BCUT2D eigenvalue weighted by Crippen LogP contribution is 2.25. The topological polar surface area (TPSA) is 120 Å². The molecule has 8 heteroatoms. The summed E-state index contributed by atoms with van der Waals surface area (Å²) < 4.78 is 0. The van der Waals surface area contributed by atoms with Gasteiger partial charge in [0.15, 0.2) is 0 Å². The van der Waals surface area contributed by atoms with Gasteiger partial charge in [-0.1, -0.05) is 6.07 Å². The number of rotatable bonds is 5. The number of nitrogens with zero attached hydrogens (tertiary/aromatic N) is 2. The Bertz CT molecular complexity index is 704. The number of aliphatic hydroxyl groups is 1. The zero-order chi connectivity index (χ0) is 17.6. The molecule has 0 unspecified atom stereocenters. The van der Waals surface area contributed by atoms with Crippen LogP contribution in [0.2, 0.25) is 0 Å². The number of H-pyrrole nitrogens is 1. The van der Waals surface area contributed by atoms with Gasteiger partial charge in [-0.15, -0.1) is 0 Å². The van der Waals surface area contributed by atoms with Crippen LogP contribution in [0.15, 0.2) is 36.8 Å². The number of pyridine rings is 1. The Morgan fingerprint density at radius 3 is 2.88 bits per heavy atom. The molecule has 132 valence electrons. The molecule has 2 aromatic rings. The van der Waals surface area contributed by atoms with Crippen molar-refractivity contribution in [2.24, 2.45) is 5.92 Å². The molecular weight excluding hydrogens is 322 g/mol. The second-order valence-corrected chi connectivity index (χ2v) is 6.21. The number of aromatic nitrogens is 3. The third-order valence-electron chi connectivity index (χ3n) is 4.44. The lowest BCUT2D eigenvalue weighted by Gasteiger charge is -2.33. The van der Waals surface area contributed by atoms with E-state index in [1.165, 1.54) is 6.20 Å². The second-order valence-electron chi connectivity index (χ2n) is 6.21. The minimum absolute atomic E-state index is 0.0726. The van der Waals surface area contributed by atoms with Gasteiger partial charge in [0.05, 0.1) is 12.1 Å². The van der Waals surface area contributed by atoms with Crippen molar-refractivity contribution in [3.05, 3.63) is 48.0 Å². The van der Waals surface area contributed by atoms with Crippen LogP contribution in [-0.4, -0.2) is 44.2 Å². The Hall–Kier alpha value is -2.74. The van der Waals surface area contributed by atoms with E-state index in [2.05, 4.69) is 25.8 Å². The summed E-state index contributed by atoms with van der Waals surface area (Å²) in [4.78, 5) is 28.5. The molecule has 1 aliphatic carbocycles. The zero-order valence-corrected chi connectivity index (χ0v) is 13.7. The van der Waals surface area contributed by atoms with Gasteiger partial charge in [0, 0.05) is 31.1 Å². The van der Waals surface area contributed by atoms with Crippen molar-refractivity contribution in [3.8, 4) is 0 Å². The summed E-state index contributed by atoms with van der Waals surface area (Å²) in [5, 5.41) is 22.1. The average molecular weight is 343 g/mol. The fourth-order valence-corrected chi connectivity index (χ4v) is 3.01. The second kappa shape index (κ2) is 7.89. The Labute approximate surface area is 145 Å². The monoisotopic (exact) mass is 343 g/mol. The molecule has 0 bridgehead atoms. The third-order valence-corrected chi connectivity index (χ3v) is 4.44. The molecule has 0 saturated heterocycles. The molecule has 0 aromatic carbocycles. The molecule has 3 atom stereocenters. The average Bonchev–Trinajstić information content (AvgIpc) is 3.17. The van der Waals surface area contributed by atoms with Crippen LogP contribution in [-0.2, 0) is 11.3 Å². The molecule has 0 spiro atoms. The number of aliphatic hydroxyl groups excluding tert-OH is 1. The van der Waals surface area contributed by atoms with Crippen LogP contribution in [0.5, 0.6) is 0 Å². The molecule has 4 N–H and O–H groups in total. The molecule has 0 aliphatic heterocycles. The predicted octanol–water partition coefficient (Wildman–Crippen LogP) is 0.380. The smallest absolute Gasteiger partial charge is 0.269 e. The lowest BCUT2D eigenvalue weighted by Crippen LogP contribution is -2.49. The summed E-state index contributed by atoms with van der Waals surface area (Å²) >= 11 is 0. The lowest BCUT2D eigenvalue weighted by atomic mass is 9.83. The number of carbonyl (C=O) groups excluding carboxylic acids is 2. The summed E-state index contributed by atoms with van der Waals surface area (Å²) in [6, 6.07) is 4.81. The summed E-state index contributed by atoms with van der Waals surface area (Å²) in [6.45, 7) is 0.414. The molecule has 1 aliphatic rings. The van der Waals surface area contributed by atoms with Gasteiger partial charge in [0.2, 0.25) is 5.91 Å². The van der Waals surface area contributed by atoms with E-state index in [1.54, 1.807) is 18.5 Å². The number of hydrogen-bond donors (Lipinski definition) is 4. The van der Waals surface area contributed by atoms with Crippen molar-refractivity contribution in [1.82, 2.24) is 25.8 Å². The highest BCUT2D eigenvalue weighted by Gasteiger charge is 2.34. The van der Waals surface area contributed by atoms with Gasteiger partial charge < -0.3 is 15.7 Å². The van der Waals surface area contributed by atoms with Crippen LogP contribution in [0.25, 0.3) is 0 Å². The first-order valence-electron chi connectivity index (χ1n) is 8.28. The molecule has 3 rings (SSSR count). The maximum Gasteiger partial charge on any atom is 0.269 e. The Morgan fingerprint density at radius 1 is 1.28 bits per heavy atom. The van der Waals surface area contributed by atoms with Crippen molar-refractivity contribution in [1.29, 1.82) is 0 Å². The van der Waals surface area contributed by atoms with E-state index in [-0.39, 0.29) is 17.7 Å². The van der Waals surface area contributed by atoms with E-state index in [0.29, 0.717) is 31.5 Å². The minimum atomic E-state index is -0.658. The molecule has 2 aromatic heterocycles. The standard InChI is InChI=1S/C17H21N5O3/c23-15-4-3-12(16(24)19-10-11-2-1-6-18-9-11)8-14(15)21-17(25)13-5-7-20-22-13/h1-2,5-7,9,12,14-15,23H,3-4,8,10H2,(H,19,24)(H,20,22)(H,21,25)/t12-,14+,15+/m0/s1. The van der Waals surface area contributed by atoms with Gasteiger partial charge in [0.25, 0.3) is 5.91 Å². The maximum absolute atomic E-state index is 12.4. The molecule has 8 nitrogen and oxygen atoms in total. The van der Waals surface area contributed by atoms with Gasteiger partial charge in [-0.05, 0) is 37.0 Å². The van der Waals surface area contributed by atoms with Gasteiger partial charge in [-0.2, -0.15) is 5.10 Å². The molecule has 1 saturated carbocycles. The number of nitrogens with one attached hydrogen (secondary N) is 3. The Balaban J connectivity index is 1.54. The maximum atomic E-state index is 12.4. The fourth-order valence-electron chi connectivity index (χ4n) is 3.01. The Kier molecular flexibility index (Phi) is 5.39. The first kappa shape index (κ1) is 17.1. The van der Waals surface area contributed by atoms with E-state index < -0.39 is 12.1 Å². The van der Waals surface area contributed by atoms with Gasteiger partial charge in [-0.25, -0.2) is 0 Å². The van der Waals surface area contributed by atoms with Gasteiger partial charge in [-0.3, -0.25) is 19.7 Å². The van der Waals surface area contributed by atoms with E-state index >= 15 is 0 Å². The number of hydrogen-bond acceptors (Lipinski definition) is 5. The number of amides is 2. The molecule has 1 fully saturated rings. The molecule has 2 amide bonds. The summed E-state index contributed by atoms with van der Waals surface area (Å²) in [7, 11) is 0. The third kappa shape index (κ3) is 4.42. The molecule has 25 heavy (non-hydrogen) atoms. The zero-order valence-electron chi connectivity index (χ0n) is 13.7. The van der Waals surface area contributed by atoms with Crippen LogP contribution in [0.1, 0.15) is 35.3 Å². The summed E-state index contributed by atoms with van der Waals surface area (Å²) in [6.07, 6.45) is 5.68. The van der Waals surface area contributed by atoms with E-state index in [4.69, 9.17) is 0 Å². The normalized spacial score (nSPS) is 23.0. The molecular formula is C17H21N5O3. The van der Waals surface area contributed by atoms with E-state index in [0.717, 1.165) is 5.56 Å². The van der Waals surface area contributed by atoms with Crippen molar-refractivity contribution in [2.45, 2.75) is 38.0 Å². The van der Waals surface area contributed by atoms with Crippen LogP contribution in [0.3, 0.4) is 0 Å². The van der Waals surface area contributed by atoms with E-state index in [1.807, 2.05) is 12.1 Å². The first-order valence-corrected chi connectivity index (χ1v) is 8.28. The lowest BCUT2D eigenvalue weighted by molar-refractivity contribution is -0.127. The SMILES string of the molecule is O=C(N[C@@H]1C[C@@H](C(=O)NCc2cccnc2)CC[C@H]1O)c1ccn[nH]1. The number of carbonyl (C=O) groups is 2. The van der Waals surface area contributed by atoms with Crippen LogP contribution in [0, 0.1) is 5.92 Å². The summed E-state index contributed by atoms with van der Waals surface area (Å²) in [5.74, 6) is -0.651. The quantitative estimate of drug-likeness (QED) is 0.626. The van der Waals surface area contributed by atoms with Crippen molar-refractivity contribution < 1.29 is 14.7 Å². The largest absolute Gasteiger partial charge is 0.391 e. The van der Waals surface area contributed by atoms with Crippen molar-refractivity contribution in [3.63, 3.8) is 0 Å². The predicted molar refractivity (Wildman–Crippen MR) is 89.3 cm³/mol. The van der Waals surface area contributed by atoms with Crippen LogP contribution in [0.4, 0.5) is 0 Å². The highest BCUT2D eigenvalue weighted by molar-refractivity contribution is 5.92. The molecule has 0 radical (unpaired) electrons. The van der Waals surface area contributed by atoms with Gasteiger partial charge in [0.1, 0.15) is 5.69 Å². The van der Waals surface area contributed by atoms with Crippen LogP contribution < -0.4 is 10.6 Å².